The molecular formula is C17H17N5O3S3. The summed E-state index contributed by atoms with van der Waals surface area (Å²) in [5.41, 5.74) is 13.1. The van der Waals surface area contributed by atoms with Crippen LogP contribution in [-0.4, -0.2) is 23.3 Å². The van der Waals surface area contributed by atoms with Gasteiger partial charge in [-0.2, -0.15) is 5.26 Å². The lowest BCUT2D eigenvalue weighted by molar-refractivity contribution is -0.136. The highest BCUT2D eigenvalue weighted by Crippen LogP contribution is 2.43. The molecule has 0 bridgehead atoms. The van der Waals surface area contributed by atoms with Gasteiger partial charge in [0.15, 0.2) is 4.34 Å². The molecule has 11 heteroatoms. The molecule has 0 saturated heterocycles. The molecular weight excluding hydrogens is 418 g/mol. The summed E-state index contributed by atoms with van der Waals surface area (Å²) in [5.74, 6) is -0.166. The van der Waals surface area contributed by atoms with Gasteiger partial charge in [0.05, 0.1) is 18.6 Å². The van der Waals surface area contributed by atoms with Crippen LogP contribution in [0.3, 0.4) is 0 Å². The molecule has 3 heterocycles. The highest BCUT2D eigenvalue weighted by Gasteiger charge is 2.37. The molecule has 28 heavy (non-hydrogen) atoms. The minimum absolute atomic E-state index is 0.00367. The zero-order chi connectivity index (χ0) is 20.4. The number of aryl methyl sites for hydroxylation is 1. The zero-order valence-electron chi connectivity index (χ0n) is 15.3. The number of anilines is 1. The predicted octanol–water partition coefficient (Wildman–Crippen LogP) is 3.04. The van der Waals surface area contributed by atoms with E-state index in [0.717, 1.165) is 19.7 Å². The van der Waals surface area contributed by atoms with Gasteiger partial charge in [0, 0.05) is 15.5 Å². The fraction of sp³-hybridized carbons (Fsp3) is 0.294. The van der Waals surface area contributed by atoms with E-state index < -0.39 is 11.9 Å². The lowest BCUT2D eigenvalue weighted by Gasteiger charge is -2.25. The van der Waals surface area contributed by atoms with Crippen molar-refractivity contribution in [3.8, 4) is 6.07 Å². The number of thioether (sulfide) groups is 1. The first kappa shape index (κ1) is 20.2. The van der Waals surface area contributed by atoms with Crippen LogP contribution in [0.5, 0.6) is 0 Å². The summed E-state index contributed by atoms with van der Waals surface area (Å²) in [7, 11) is 1.29. The van der Waals surface area contributed by atoms with Crippen molar-refractivity contribution in [3.63, 3.8) is 0 Å². The number of thiophene rings is 1. The van der Waals surface area contributed by atoms with Crippen LogP contribution in [0.15, 0.2) is 33.2 Å². The van der Waals surface area contributed by atoms with Crippen molar-refractivity contribution in [2.24, 2.45) is 5.73 Å². The number of aromatic nitrogens is 2. The number of carbonyl (C=O) groups excluding carboxylic acids is 1. The summed E-state index contributed by atoms with van der Waals surface area (Å²) in [4.78, 5) is 14.3. The highest BCUT2D eigenvalue weighted by atomic mass is 32.2. The molecule has 1 atom stereocenters. The number of rotatable bonds is 5. The van der Waals surface area contributed by atoms with Gasteiger partial charge in [-0.15, -0.1) is 21.5 Å². The molecule has 0 aromatic carbocycles. The van der Waals surface area contributed by atoms with E-state index in [1.54, 1.807) is 6.92 Å². The first-order valence-electron chi connectivity index (χ1n) is 8.03. The molecule has 0 saturated carbocycles. The lowest BCUT2D eigenvalue weighted by Crippen LogP contribution is -2.24. The van der Waals surface area contributed by atoms with E-state index in [1.807, 2.05) is 13.0 Å². The largest absolute Gasteiger partial charge is 0.466 e. The number of hydrogen-bond acceptors (Lipinski definition) is 11. The van der Waals surface area contributed by atoms with Crippen molar-refractivity contribution in [3.05, 3.63) is 44.2 Å². The number of hydrogen-bond donors (Lipinski definition) is 2. The minimum Gasteiger partial charge on any atom is -0.466 e. The fourth-order valence-electron chi connectivity index (χ4n) is 2.79. The molecule has 1 aliphatic rings. The van der Waals surface area contributed by atoms with E-state index in [4.69, 9.17) is 20.9 Å². The van der Waals surface area contributed by atoms with Gasteiger partial charge in [0.2, 0.25) is 11.0 Å². The van der Waals surface area contributed by atoms with Crippen LogP contribution in [0.25, 0.3) is 0 Å². The average Bonchev–Trinajstić information content (AvgIpc) is 3.24. The van der Waals surface area contributed by atoms with E-state index in [-0.39, 0.29) is 17.0 Å². The van der Waals surface area contributed by atoms with Crippen molar-refractivity contribution in [1.29, 1.82) is 5.26 Å². The summed E-state index contributed by atoms with van der Waals surface area (Å²) in [6, 6.07) is 4.06. The molecule has 0 radical (unpaired) electrons. The molecule has 146 valence electrons. The maximum absolute atomic E-state index is 12.4. The van der Waals surface area contributed by atoms with Gasteiger partial charge < -0.3 is 20.9 Å². The first-order chi connectivity index (χ1) is 13.3. The van der Waals surface area contributed by atoms with Gasteiger partial charge in [-0.1, -0.05) is 23.1 Å². The normalized spacial score (nSPS) is 16.7. The number of methoxy groups -OCH3 is 1. The molecule has 1 unspecified atom stereocenters. The molecule has 8 nitrogen and oxygen atoms in total. The lowest BCUT2D eigenvalue weighted by atomic mass is 9.87. The number of nitrogen functional groups attached to an aromatic ring is 1. The number of ether oxygens (including phenoxy) is 2. The Labute approximate surface area is 173 Å². The van der Waals surface area contributed by atoms with Crippen molar-refractivity contribution in [2.75, 3.05) is 12.8 Å². The van der Waals surface area contributed by atoms with Crippen LogP contribution < -0.4 is 11.5 Å². The maximum Gasteiger partial charge on any atom is 0.338 e. The molecule has 0 aliphatic carbocycles. The van der Waals surface area contributed by atoms with Crippen LogP contribution in [0.1, 0.15) is 28.2 Å². The van der Waals surface area contributed by atoms with Gasteiger partial charge >= 0.3 is 5.97 Å². The van der Waals surface area contributed by atoms with Crippen molar-refractivity contribution < 1.29 is 14.3 Å². The average molecular weight is 436 g/mol. The van der Waals surface area contributed by atoms with Gasteiger partial charge in [-0.05, 0) is 25.5 Å². The highest BCUT2D eigenvalue weighted by molar-refractivity contribution is 8.00. The monoisotopic (exact) mass is 435 g/mol. The molecule has 0 fully saturated rings. The summed E-state index contributed by atoms with van der Waals surface area (Å²) < 4.78 is 11.1. The Bertz CT molecular complexity index is 1030. The smallest absolute Gasteiger partial charge is 0.338 e. The molecule has 4 N–H and O–H groups in total. The van der Waals surface area contributed by atoms with E-state index in [9.17, 15) is 10.1 Å². The van der Waals surface area contributed by atoms with E-state index in [1.165, 1.54) is 41.5 Å². The second-order valence-corrected chi connectivity index (χ2v) is 9.33. The molecule has 2 aromatic rings. The quantitative estimate of drug-likeness (QED) is 0.536. The summed E-state index contributed by atoms with van der Waals surface area (Å²) in [6.45, 7) is 3.63. The SMILES string of the molecule is COC(=O)C1=C(C)OC(N)=C(C#N)C1c1cc(CSc2nnc(N)s2)c(C)s1. The Morgan fingerprint density at radius 1 is 1.39 bits per heavy atom. The minimum atomic E-state index is -0.620. The zero-order valence-corrected chi connectivity index (χ0v) is 17.8. The van der Waals surface area contributed by atoms with E-state index >= 15 is 0 Å². The standard InChI is InChI=1S/C17H17N5O3S3/c1-7-12(15(23)24-3)13(10(5-18)14(19)25-7)11-4-9(8(2)27-11)6-26-17-22-21-16(20)28-17/h4,13H,6,19H2,1-3H3,(H2,20,21). The molecule has 2 aromatic heterocycles. The second-order valence-electron chi connectivity index (χ2n) is 5.81. The number of nitrogens with two attached hydrogens (primary N) is 2. The molecule has 3 rings (SSSR count). The van der Waals surface area contributed by atoms with Crippen LogP contribution in [-0.2, 0) is 20.0 Å². The van der Waals surface area contributed by atoms with Gasteiger partial charge in [-0.3, -0.25) is 0 Å². The molecule has 0 amide bonds. The van der Waals surface area contributed by atoms with Crippen molar-refractivity contribution in [1.82, 2.24) is 10.2 Å². The van der Waals surface area contributed by atoms with Gasteiger partial charge in [-0.25, -0.2) is 4.79 Å². The Hall–Kier alpha value is -2.55. The van der Waals surface area contributed by atoms with E-state index in [0.29, 0.717) is 16.6 Å². The van der Waals surface area contributed by atoms with Crippen LogP contribution in [0, 0.1) is 18.3 Å². The Morgan fingerprint density at radius 2 is 2.14 bits per heavy atom. The van der Waals surface area contributed by atoms with Crippen LogP contribution in [0.4, 0.5) is 5.13 Å². The first-order valence-corrected chi connectivity index (χ1v) is 10.6. The number of nitrogens with zero attached hydrogens (tertiary/aromatic N) is 3. The number of allylic oxidation sites excluding steroid dienone is 2. The summed E-state index contributed by atoms with van der Waals surface area (Å²) in [5, 5.41) is 17.9. The number of carbonyl (C=O) groups is 1. The maximum atomic E-state index is 12.4. The fourth-order valence-corrected chi connectivity index (χ4v) is 5.74. The van der Waals surface area contributed by atoms with Crippen LogP contribution in [0.2, 0.25) is 0 Å². The summed E-state index contributed by atoms with van der Waals surface area (Å²) in [6.07, 6.45) is 0. The van der Waals surface area contributed by atoms with Crippen LogP contribution >= 0.6 is 34.4 Å². The summed E-state index contributed by atoms with van der Waals surface area (Å²) >= 11 is 4.37. The predicted molar refractivity (Wildman–Crippen MR) is 108 cm³/mol. The van der Waals surface area contributed by atoms with E-state index in [2.05, 4.69) is 16.3 Å². The van der Waals surface area contributed by atoms with Crippen molar-refractivity contribution >= 4 is 45.5 Å². The topological polar surface area (TPSA) is 137 Å². The Balaban J connectivity index is 1.96. The third-order valence-electron chi connectivity index (χ3n) is 4.11. The second kappa shape index (κ2) is 8.22. The third kappa shape index (κ3) is 3.84. The number of esters is 1. The van der Waals surface area contributed by atoms with Crippen molar-refractivity contribution in [2.45, 2.75) is 29.9 Å². The van der Waals surface area contributed by atoms with Gasteiger partial charge in [0.1, 0.15) is 17.4 Å². The van der Waals surface area contributed by atoms with Gasteiger partial charge in [0.25, 0.3) is 0 Å². The molecule has 1 aliphatic heterocycles. The third-order valence-corrected chi connectivity index (χ3v) is 7.20. The Morgan fingerprint density at radius 3 is 2.75 bits per heavy atom. The molecule has 0 spiro atoms. The number of nitriles is 1. The Kier molecular flexibility index (Phi) is 5.93.